The molecule has 2 heterocycles. The number of fused-ring (bicyclic) bond motifs is 4. The van der Waals surface area contributed by atoms with Crippen molar-refractivity contribution in [3.63, 3.8) is 0 Å². The minimum Gasteiger partial charge on any atom is -0.362 e. The molecule has 47 heavy (non-hydrogen) atoms. The van der Waals surface area contributed by atoms with Gasteiger partial charge in [0.15, 0.2) is 5.43 Å². The van der Waals surface area contributed by atoms with Crippen LogP contribution in [0.2, 0.25) is 0 Å². The number of benzene rings is 5. The van der Waals surface area contributed by atoms with E-state index in [1.165, 1.54) is 27.8 Å². The van der Waals surface area contributed by atoms with Crippen LogP contribution in [0.15, 0.2) is 132 Å². The quantitative estimate of drug-likeness (QED) is 0.185. The van der Waals surface area contributed by atoms with Crippen LogP contribution in [0.3, 0.4) is 0 Å². The lowest BCUT2D eigenvalue weighted by Gasteiger charge is -2.42. The third-order valence-corrected chi connectivity index (χ3v) is 11.1. The van der Waals surface area contributed by atoms with Crippen molar-refractivity contribution in [1.29, 1.82) is 0 Å². The lowest BCUT2D eigenvalue weighted by Crippen LogP contribution is -2.30. The van der Waals surface area contributed by atoms with Gasteiger partial charge in [-0.25, -0.2) is 0 Å². The topological polar surface area (TPSA) is 32.3 Å². The summed E-state index contributed by atoms with van der Waals surface area (Å²) in [6.45, 7) is 13.3. The average Bonchev–Trinajstić information content (AvgIpc) is 3.07. The molecule has 0 bridgehead atoms. The second kappa shape index (κ2) is 11.7. The number of nitrogens with zero attached hydrogens (tertiary/aromatic N) is 1. The van der Waals surface area contributed by atoms with Crippen LogP contribution < -0.4 is 15.6 Å². The van der Waals surface area contributed by atoms with E-state index in [2.05, 4.69) is 167 Å². The normalized spacial score (nSPS) is 14.4. The van der Waals surface area contributed by atoms with Crippen LogP contribution in [0.5, 0.6) is 0 Å². The molecule has 0 aliphatic carbocycles. The van der Waals surface area contributed by atoms with E-state index in [-0.39, 0.29) is 16.3 Å². The summed E-state index contributed by atoms with van der Waals surface area (Å²) in [6, 6.07) is 38.1. The Bertz CT molecular complexity index is 2240. The first-order chi connectivity index (χ1) is 22.6. The van der Waals surface area contributed by atoms with Crippen molar-refractivity contribution in [2.45, 2.75) is 52.4 Å². The van der Waals surface area contributed by atoms with Gasteiger partial charge in [-0.15, -0.1) is 11.3 Å². The first kappa shape index (κ1) is 30.7. The molecule has 0 fully saturated rings. The summed E-state index contributed by atoms with van der Waals surface area (Å²) < 4.78 is 1.94. The number of para-hydroxylation sites is 2. The predicted octanol–water partition coefficient (Wildman–Crippen LogP) is 11.9. The Morgan fingerprint density at radius 2 is 1.43 bits per heavy atom. The monoisotopic (exact) mass is 632 g/mol. The average molecular weight is 633 g/mol. The van der Waals surface area contributed by atoms with Gasteiger partial charge in [0, 0.05) is 37.5 Å². The van der Waals surface area contributed by atoms with E-state index < -0.39 is 0 Å². The fourth-order valence-corrected chi connectivity index (χ4v) is 8.20. The molecule has 234 valence electrons. The Labute approximate surface area is 281 Å². The lowest BCUT2D eigenvalue weighted by atomic mass is 9.73. The molecule has 1 aromatic heterocycles. The molecule has 5 aromatic carbocycles. The zero-order chi connectivity index (χ0) is 32.9. The molecule has 0 atom stereocenters. The predicted molar refractivity (Wildman–Crippen MR) is 204 cm³/mol. The third-order valence-electron chi connectivity index (χ3n) is 9.98. The highest BCUT2D eigenvalue weighted by molar-refractivity contribution is 7.24. The highest BCUT2D eigenvalue weighted by Crippen LogP contribution is 2.52. The highest BCUT2D eigenvalue weighted by Gasteiger charge is 2.37. The van der Waals surface area contributed by atoms with Crippen LogP contribution in [0.4, 0.5) is 22.7 Å². The fourth-order valence-electron chi connectivity index (χ4n) is 7.06. The van der Waals surface area contributed by atoms with E-state index in [4.69, 9.17) is 0 Å². The van der Waals surface area contributed by atoms with E-state index in [1.807, 2.05) is 12.1 Å². The summed E-state index contributed by atoms with van der Waals surface area (Å²) in [5.41, 5.74) is 10.1. The van der Waals surface area contributed by atoms with E-state index in [0.29, 0.717) is 0 Å². The molecule has 0 saturated heterocycles. The Morgan fingerprint density at radius 3 is 2.13 bits per heavy atom. The Morgan fingerprint density at radius 1 is 0.787 bits per heavy atom. The van der Waals surface area contributed by atoms with Gasteiger partial charge in [0.25, 0.3) is 0 Å². The third kappa shape index (κ3) is 5.08. The van der Waals surface area contributed by atoms with Crippen LogP contribution in [0, 0.1) is 0 Å². The maximum atomic E-state index is 14.4. The van der Waals surface area contributed by atoms with Crippen molar-refractivity contribution in [3.8, 4) is 0 Å². The minimum atomic E-state index is -0.168. The number of allylic oxidation sites excluding steroid dienone is 2. The summed E-state index contributed by atoms with van der Waals surface area (Å²) in [4.78, 5) is 16.7. The molecule has 7 rings (SSSR count). The minimum absolute atomic E-state index is 0.0594. The van der Waals surface area contributed by atoms with Gasteiger partial charge < -0.3 is 10.2 Å². The molecule has 0 radical (unpaired) electrons. The largest absolute Gasteiger partial charge is 0.362 e. The van der Waals surface area contributed by atoms with Crippen LogP contribution in [-0.2, 0) is 10.8 Å². The van der Waals surface area contributed by atoms with E-state index in [1.54, 1.807) is 11.3 Å². The summed E-state index contributed by atoms with van der Waals surface area (Å²) in [7, 11) is 0. The first-order valence-corrected chi connectivity index (χ1v) is 17.1. The van der Waals surface area contributed by atoms with Gasteiger partial charge in [-0.05, 0) is 84.1 Å². The Hall–Kier alpha value is -4.93. The summed E-state index contributed by atoms with van der Waals surface area (Å²) >= 11 is 1.67. The Kier molecular flexibility index (Phi) is 7.65. The van der Waals surface area contributed by atoms with Gasteiger partial charge >= 0.3 is 0 Å². The smallest absolute Gasteiger partial charge is 0.197 e. The maximum absolute atomic E-state index is 14.4. The fraction of sp³-hybridized carbons (Fsp3) is 0.186. The van der Waals surface area contributed by atoms with Gasteiger partial charge in [-0.1, -0.05) is 107 Å². The molecule has 6 aromatic rings. The molecule has 0 amide bonds. The molecule has 0 saturated carbocycles. The Balaban J connectivity index is 1.30. The van der Waals surface area contributed by atoms with Gasteiger partial charge in [0.1, 0.15) is 0 Å². The van der Waals surface area contributed by atoms with Crippen LogP contribution in [0.25, 0.3) is 26.2 Å². The van der Waals surface area contributed by atoms with Crippen molar-refractivity contribution in [2.24, 2.45) is 0 Å². The number of nitrogens with one attached hydrogen (secondary N) is 1. The summed E-state index contributed by atoms with van der Waals surface area (Å²) in [6.07, 6.45) is 6.36. The van der Waals surface area contributed by atoms with Gasteiger partial charge in [0.05, 0.1) is 22.4 Å². The van der Waals surface area contributed by atoms with Crippen LogP contribution in [0.1, 0.15) is 63.8 Å². The zero-order valence-electron chi connectivity index (χ0n) is 27.9. The lowest BCUT2D eigenvalue weighted by molar-refractivity contribution is 0.621. The van der Waals surface area contributed by atoms with Gasteiger partial charge in [0.2, 0.25) is 0 Å². The van der Waals surface area contributed by atoms with Crippen molar-refractivity contribution in [2.75, 3.05) is 10.2 Å². The molecule has 1 aliphatic rings. The van der Waals surface area contributed by atoms with Gasteiger partial charge in [-0.2, -0.15) is 0 Å². The second-order valence-electron chi connectivity index (χ2n) is 13.5. The molecule has 4 heteroatoms. The summed E-state index contributed by atoms with van der Waals surface area (Å²) in [5.74, 6) is 0. The van der Waals surface area contributed by atoms with Crippen molar-refractivity contribution >= 4 is 60.3 Å². The van der Waals surface area contributed by atoms with Crippen LogP contribution in [-0.4, -0.2) is 0 Å². The number of hydrogen-bond donors (Lipinski definition) is 1. The molecule has 1 aliphatic heterocycles. The van der Waals surface area contributed by atoms with Gasteiger partial charge in [-0.3, -0.25) is 4.79 Å². The summed E-state index contributed by atoms with van der Waals surface area (Å²) in [5, 5.41) is 5.03. The van der Waals surface area contributed by atoms with Crippen molar-refractivity contribution in [1.82, 2.24) is 0 Å². The number of rotatable bonds is 6. The number of anilines is 4. The first-order valence-electron chi connectivity index (χ1n) is 16.3. The highest BCUT2D eigenvalue weighted by atomic mass is 32.1. The van der Waals surface area contributed by atoms with Crippen molar-refractivity contribution < 1.29 is 0 Å². The van der Waals surface area contributed by atoms with E-state index >= 15 is 0 Å². The molecule has 0 unspecified atom stereocenters. The molecular formula is C43H40N2OS. The zero-order valence-corrected chi connectivity index (χ0v) is 28.7. The molecular weight excluding hydrogens is 593 g/mol. The molecule has 1 N–H and O–H groups in total. The standard InChI is InChI=1S/C43H40N2OS/c1-7-15-29-16-8-9-17-32(29)42(3,4)28(2)27-44-30-24-25-31-39(26-30)47-38-23-14-22-37(40(38)41(31)46)45-35-20-12-10-18-33(35)43(5,6)34-19-11-13-21-36(34)45/h7-27,44H,1-6H3/b15-7-,28-27-. The second-order valence-corrected chi connectivity index (χ2v) is 14.6. The van der Waals surface area contributed by atoms with Crippen LogP contribution >= 0.6 is 11.3 Å². The van der Waals surface area contributed by atoms with E-state index in [9.17, 15) is 4.79 Å². The molecule has 0 spiro atoms. The van der Waals surface area contributed by atoms with E-state index in [0.717, 1.165) is 42.9 Å². The molecule has 3 nitrogen and oxygen atoms in total. The SMILES string of the molecule is C/C=C\c1ccccc1C(C)(C)/C(C)=C\Nc1ccc2c(=O)c3c(N4c5ccccc5C(C)(C)c5ccccc54)cccc3sc2c1. The maximum Gasteiger partial charge on any atom is 0.197 e. The number of hydrogen-bond acceptors (Lipinski definition) is 4. The van der Waals surface area contributed by atoms with Crippen molar-refractivity contribution in [3.05, 3.63) is 160 Å².